The first-order valence-corrected chi connectivity index (χ1v) is 12.5. The summed E-state index contributed by atoms with van der Waals surface area (Å²) in [5.74, 6) is -1.01. The molecule has 0 spiro atoms. The van der Waals surface area contributed by atoms with Gasteiger partial charge in [0.2, 0.25) is 0 Å². The van der Waals surface area contributed by atoms with Gasteiger partial charge in [-0.05, 0) is 78.2 Å². The van der Waals surface area contributed by atoms with E-state index in [9.17, 15) is 22.0 Å². The summed E-state index contributed by atoms with van der Waals surface area (Å²) < 4.78 is 56.6. The van der Waals surface area contributed by atoms with Crippen LogP contribution in [0.2, 0.25) is 0 Å². The summed E-state index contributed by atoms with van der Waals surface area (Å²) in [6, 6.07) is 23.9. The van der Waals surface area contributed by atoms with Gasteiger partial charge in [0.15, 0.2) is 0 Å². The molecule has 0 aliphatic heterocycles. The molecule has 0 aliphatic carbocycles. The first-order chi connectivity index (χ1) is 17.2. The molecule has 0 radical (unpaired) electrons. The molecule has 0 atom stereocenters. The standard InChI is InChI=1S/C28H23F2NO4S/c1-20-4-2-3-5-27(20)28(32)31(18-21-6-10-23(29)11-7-21)19-22-8-14-25(15-9-22)35-36(33,34)26-16-12-24(30)13-17-26/h2-17H,18-19H2,1H3. The second-order valence-electron chi connectivity index (χ2n) is 8.24. The average Bonchev–Trinajstić information content (AvgIpc) is 2.86. The van der Waals surface area contributed by atoms with Crippen molar-refractivity contribution in [2.24, 2.45) is 0 Å². The minimum Gasteiger partial charge on any atom is -0.379 e. The van der Waals surface area contributed by atoms with Crippen molar-refractivity contribution in [3.05, 3.63) is 131 Å². The summed E-state index contributed by atoms with van der Waals surface area (Å²) in [5.41, 5.74) is 2.90. The van der Waals surface area contributed by atoms with Gasteiger partial charge < -0.3 is 9.08 Å². The van der Waals surface area contributed by atoms with Crippen LogP contribution in [-0.4, -0.2) is 19.2 Å². The van der Waals surface area contributed by atoms with Crippen LogP contribution in [0.15, 0.2) is 102 Å². The number of aryl methyl sites for hydroxylation is 1. The molecule has 1 amide bonds. The van der Waals surface area contributed by atoms with E-state index in [0.29, 0.717) is 5.56 Å². The van der Waals surface area contributed by atoms with Gasteiger partial charge in [0.05, 0.1) is 0 Å². The number of carbonyl (C=O) groups excluding carboxylic acids is 1. The van der Waals surface area contributed by atoms with Crippen LogP contribution in [0.4, 0.5) is 8.78 Å². The fraction of sp³-hybridized carbons (Fsp3) is 0.107. The SMILES string of the molecule is Cc1ccccc1C(=O)N(Cc1ccc(F)cc1)Cc1ccc(OS(=O)(=O)c2ccc(F)cc2)cc1. The lowest BCUT2D eigenvalue weighted by Gasteiger charge is -2.24. The molecule has 0 heterocycles. The van der Waals surface area contributed by atoms with E-state index in [1.165, 1.54) is 24.3 Å². The van der Waals surface area contributed by atoms with Crippen LogP contribution in [0, 0.1) is 18.6 Å². The first-order valence-electron chi connectivity index (χ1n) is 11.1. The number of rotatable bonds is 8. The maximum Gasteiger partial charge on any atom is 0.339 e. The van der Waals surface area contributed by atoms with E-state index in [2.05, 4.69) is 0 Å². The molecule has 0 aromatic heterocycles. The van der Waals surface area contributed by atoms with Gasteiger partial charge in [-0.2, -0.15) is 8.42 Å². The molecular weight excluding hydrogens is 484 g/mol. The van der Waals surface area contributed by atoms with Gasteiger partial charge in [-0.25, -0.2) is 8.78 Å². The normalized spacial score (nSPS) is 11.2. The highest BCUT2D eigenvalue weighted by atomic mass is 32.2. The van der Waals surface area contributed by atoms with Crippen molar-refractivity contribution in [3.8, 4) is 5.75 Å². The minimum atomic E-state index is -4.13. The molecule has 0 saturated heterocycles. The van der Waals surface area contributed by atoms with E-state index in [1.54, 1.807) is 41.3 Å². The molecular formula is C28H23F2NO4S. The number of nitrogens with zero attached hydrogens (tertiary/aromatic N) is 1. The van der Waals surface area contributed by atoms with Gasteiger partial charge >= 0.3 is 10.1 Å². The maximum absolute atomic E-state index is 13.4. The van der Waals surface area contributed by atoms with E-state index < -0.39 is 15.9 Å². The number of hydrogen-bond acceptors (Lipinski definition) is 4. The van der Waals surface area contributed by atoms with Crippen LogP contribution in [0.5, 0.6) is 5.75 Å². The quantitative estimate of drug-likeness (QED) is 0.279. The van der Waals surface area contributed by atoms with Crippen LogP contribution in [-0.2, 0) is 23.2 Å². The van der Waals surface area contributed by atoms with Gasteiger partial charge in [-0.3, -0.25) is 4.79 Å². The van der Waals surface area contributed by atoms with E-state index in [1.807, 2.05) is 19.1 Å². The van der Waals surface area contributed by atoms with Crippen molar-refractivity contribution in [2.45, 2.75) is 24.9 Å². The van der Waals surface area contributed by atoms with Crippen LogP contribution < -0.4 is 4.18 Å². The van der Waals surface area contributed by atoms with Crippen LogP contribution >= 0.6 is 0 Å². The fourth-order valence-electron chi connectivity index (χ4n) is 3.64. The largest absolute Gasteiger partial charge is 0.379 e. The molecule has 0 fully saturated rings. The lowest BCUT2D eigenvalue weighted by atomic mass is 10.1. The van der Waals surface area contributed by atoms with Crippen LogP contribution in [0.25, 0.3) is 0 Å². The molecule has 36 heavy (non-hydrogen) atoms. The summed E-state index contributed by atoms with van der Waals surface area (Å²) in [5, 5.41) is 0. The van der Waals surface area contributed by atoms with Crippen molar-refractivity contribution in [1.29, 1.82) is 0 Å². The maximum atomic E-state index is 13.4. The Kier molecular flexibility index (Phi) is 7.45. The van der Waals surface area contributed by atoms with E-state index in [4.69, 9.17) is 4.18 Å². The average molecular weight is 508 g/mol. The first kappa shape index (κ1) is 25.1. The molecule has 4 aromatic rings. The summed E-state index contributed by atoms with van der Waals surface area (Å²) in [4.78, 5) is 14.9. The summed E-state index contributed by atoms with van der Waals surface area (Å²) in [7, 11) is -4.13. The summed E-state index contributed by atoms with van der Waals surface area (Å²) >= 11 is 0. The number of amides is 1. The molecule has 5 nitrogen and oxygen atoms in total. The molecule has 0 N–H and O–H groups in total. The Bertz CT molecular complexity index is 1450. The Morgan fingerprint density at radius 3 is 1.81 bits per heavy atom. The lowest BCUT2D eigenvalue weighted by molar-refractivity contribution is 0.0729. The minimum absolute atomic E-state index is 0.0818. The van der Waals surface area contributed by atoms with Crippen molar-refractivity contribution < 1.29 is 26.2 Å². The van der Waals surface area contributed by atoms with E-state index in [0.717, 1.165) is 41.0 Å². The molecule has 0 unspecified atom stereocenters. The topological polar surface area (TPSA) is 63.7 Å². The monoisotopic (exact) mass is 507 g/mol. The zero-order valence-corrected chi connectivity index (χ0v) is 20.2. The zero-order valence-electron chi connectivity index (χ0n) is 19.4. The third-order valence-corrected chi connectivity index (χ3v) is 6.82. The Hall–Kier alpha value is -4.04. The second-order valence-corrected chi connectivity index (χ2v) is 9.78. The number of halogens is 2. The molecule has 0 saturated carbocycles. The number of carbonyl (C=O) groups is 1. The Morgan fingerprint density at radius 1 is 0.750 bits per heavy atom. The Morgan fingerprint density at radius 2 is 1.25 bits per heavy atom. The van der Waals surface area contributed by atoms with Crippen molar-refractivity contribution in [1.82, 2.24) is 4.90 Å². The Balaban J connectivity index is 1.54. The van der Waals surface area contributed by atoms with E-state index in [-0.39, 0.29) is 35.5 Å². The smallest absolute Gasteiger partial charge is 0.339 e. The molecule has 4 rings (SSSR count). The highest BCUT2D eigenvalue weighted by Gasteiger charge is 2.20. The van der Waals surface area contributed by atoms with Crippen molar-refractivity contribution in [2.75, 3.05) is 0 Å². The summed E-state index contributed by atoms with van der Waals surface area (Å²) in [6.07, 6.45) is 0. The number of benzene rings is 4. The lowest BCUT2D eigenvalue weighted by Crippen LogP contribution is -2.30. The third-order valence-electron chi connectivity index (χ3n) is 5.55. The highest BCUT2D eigenvalue weighted by Crippen LogP contribution is 2.22. The molecule has 8 heteroatoms. The van der Waals surface area contributed by atoms with Crippen molar-refractivity contribution in [3.63, 3.8) is 0 Å². The molecule has 184 valence electrons. The number of hydrogen-bond donors (Lipinski definition) is 0. The van der Waals surface area contributed by atoms with Gasteiger partial charge in [0, 0.05) is 18.7 Å². The van der Waals surface area contributed by atoms with Gasteiger partial charge in [-0.15, -0.1) is 0 Å². The fourth-order valence-corrected chi connectivity index (χ4v) is 4.57. The third kappa shape index (κ3) is 6.14. The van der Waals surface area contributed by atoms with Gasteiger partial charge in [0.1, 0.15) is 22.3 Å². The van der Waals surface area contributed by atoms with Gasteiger partial charge in [-0.1, -0.05) is 42.5 Å². The summed E-state index contributed by atoms with van der Waals surface area (Å²) in [6.45, 7) is 2.34. The predicted molar refractivity (Wildman–Crippen MR) is 132 cm³/mol. The predicted octanol–water partition coefficient (Wildman–Crippen LogP) is 5.88. The highest BCUT2D eigenvalue weighted by molar-refractivity contribution is 7.87. The van der Waals surface area contributed by atoms with E-state index >= 15 is 0 Å². The second kappa shape index (κ2) is 10.7. The van der Waals surface area contributed by atoms with Gasteiger partial charge in [0.25, 0.3) is 5.91 Å². The van der Waals surface area contributed by atoms with Crippen molar-refractivity contribution >= 4 is 16.0 Å². The molecule has 0 aliphatic rings. The van der Waals surface area contributed by atoms with Crippen LogP contribution in [0.1, 0.15) is 27.0 Å². The molecule has 4 aromatic carbocycles. The zero-order chi connectivity index (χ0) is 25.7. The van der Waals surface area contributed by atoms with Crippen LogP contribution in [0.3, 0.4) is 0 Å². The molecule has 0 bridgehead atoms. The Labute approximate surface area is 208 Å².